The average Bonchev–Trinajstić information content (AvgIpc) is 2.78. The van der Waals surface area contributed by atoms with Crippen LogP contribution in [0.4, 0.5) is 0 Å². The molecule has 2 N–H and O–H groups in total. The molecule has 2 rings (SSSR count). The van der Waals surface area contributed by atoms with Crippen molar-refractivity contribution >= 4 is 5.78 Å². The van der Waals surface area contributed by atoms with Crippen molar-refractivity contribution in [2.45, 2.75) is 57.5 Å². The maximum absolute atomic E-state index is 12.5. The molecule has 5 nitrogen and oxygen atoms in total. The zero-order valence-corrected chi connectivity index (χ0v) is 10.4. The van der Waals surface area contributed by atoms with Gasteiger partial charge in [0.25, 0.3) is 0 Å². The summed E-state index contributed by atoms with van der Waals surface area (Å²) in [5.41, 5.74) is 6.12. The normalized spacial score (nSPS) is 19.2. The van der Waals surface area contributed by atoms with Crippen LogP contribution in [0.25, 0.3) is 0 Å². The summed E-state index contributed by atoms with van der Waals surface area (Å²) in [5.74, 6) is 0.00986. The molecule has 0 amide bonds. The number of hydrogen-bond acceptors (Lipinski definition) is 4. The van der Waals surface area contributed by atoms with Crippen LogP contribution in [0, 0.1) is 0 Å². The van der Waals surface area contributed by atoms with Gasteiger partial charge in [-0.1, -0.05) is 31.4 Å². The largest absolute Gasteiger partial charge is 0.319 e. The highest BCUT2D eigenvalue weighted by Crippen LogP contribution is 2.28. The SMILES string of the molecule is CCCn1nncc1C(=O)C1(N)CCCCC1. The number of aromatic nitrogens is 3. The summed E-state index contributed by atoms with van der Waals surface area (Å²) < 4.78 is 1.67. The second kappa shape index (κ2) is 4.96. The van der Waals surface area contributed by atoms with Crippen LogP contribution < -0.4 is 5.73 Å². The predicted molar refractivity (Wildman–Crippen MR) is 64.6 cm³/mol. The summed E-state index contributed by atoms with van der Waals surface area (Å²) >= 11 is 0. The minimum absolute atomic E-state index is 0.00986. The van der Waals surface area contributed by atoms with Gasteiger partial charge in [-0.2, -0.15) is 0 Å². The third-order valence-electron chi connectivity index (χ3n) is 3.48. The van der Waals surface area contributed by atoms with Crippen LogP contribution >= 0.6 is 0 Å². The zero-order valence-electron chi connectivity index (χ0n) is 10.4. The van der Waals surface area contributed by atoms with Crippen molar-refractivity contribution in [1.82, 2.24) is 15.0 Å². The van der Waals surface area contributed by atoms with Gasteiger partial charge in [0.1, 0.15) is 5.69 Å². The fraction of sp³-hybridized carbons (Fsp3) is 0.750. The summed E-state index contributed by atoms with van der Waals surface area (Å²) in [6.07, 6.45) is 7.29. The van der Waals surface area contributed by atoms with Gasteiger partial charge in [0.15, 0.2) is 0 Å². The molecule has 0 aromatic carbocycles. The van der Waals surface area contributed by atoms with Crippen molar-refractivity contribution in [3.8, 4) is 0 Å². The lowest BCUT2D eigenvalue weighted by molar-refractivity contribution is 0.0836. The highest BCUT2D eigenvalue weighted by Gasteiger charge is 2.37. The Morgan fingerprint density at radius 3 is 2.82 bits per heavy atom. The maximum Gasteiger partial charge on any atom is 0.202 e. The molecule has 1 heterocycles. The van der Waals surface area contributed by atoms with Crippen LogP contribution in [0.5, 0.6) is 0 Å². The van der Waals surface area contributed by atoms with E-state index in [4.69, 9.17) is 5.73 Å². The Balaban J connectivity index is 2.20. The molecule has 17 heavy (non-hydrogen) atoms. The molecule has 1 aliphatic rings. The van der Waals surface area contributed by atoms with E-state index in [9.17, 15) is 4.79 Å². The number of Topliss-reactive ketones (excluding diaryl/α,β-unsaturated/α-hetero) is 1. The van der Waals surface area contributed by atoms with Gasteiger partial charge < -0.3 is 5.73 Å². The first-order valence-electron chi connectivity index (χ1n) is 6.39. The molecule has 1 saturated carbocycles. The Labute approximate surface area is 101 Å². The Morgan fingerprint density at radius 2 is 2.18 bits per heavy atom. The Bertz CT molecular complexity index is 393. The number of aryl methyl sites for hydroxylation is 1. The van der Waals surface area contributed by atoms with E-state index in [2.05, 4.69) is 17.2 Å². The molecule has 1 fully saturated rings. The summed E-state index contributed by atoms with van der Waals surface area (Å²) in [5, 5.41) is 7.77. The van der Waals surface area contributed by atoms with E-state index in [1.165, 1.54) is 6.42 Å². The van der Waals surface area contributed by atoms with Crippen LogP contribution in [0.1, 0.15) is 55.9 Å². The van der Waals surface area contributed by atoms with E-state index < -0.39 is 5.54 Å². The fourth-order valence-electron chi connectivity index (χ4n) is 2.48. The third kappa shape index (κ3) is 2.39. The van der Waals surface area contributed by atoms with Crippen LogP contribution in [-0.2, 0) is 6.54 Å². The van der Waals surface area contributed by atoms with Crippen LogP contribution in [-0.4, -0.2) is 26.3 Å². The number of rotatable bonds is 4. The first kappa shape index (κ1) is 12.2. The number of ketones is 1. The summed E-state index contributed by atoms with van der Waals surface area (Å²) in [4.78, 5) is 12.5. The molecule has 0 saturated heterocycles. The first-order chi connectivity index (χ1) is 8.17. The van der Waals surface area contributed by atoms with Crippen molar-refractivity contribution in [1.29, 1.82) is 0 Å². The van der Waals surface area contributed by atoms with E-state index in [-0.39, 0.29) is 5.78 Å². The van der Waals surface area contributed by atoms with Gasteiger partial charge in [0.05, 0.1) is 11.7 Å². The zero-order chi connectivity index (χ0) is 12.3. The van der Waals surface area contributed by atoms with E-state index in [1.54, 1.807) is 10.9 Å². The highest BCUT2D eigenvalue weighted by atomic mass is 16.1. The first-order valence-corrected chi connectivity index (χ1v) is 6.39. The number of carbonyl (C=O) groups is 1. The predicted octanol–water partition coefficient (Wildman–Crippen LogP) is 1.53. The van der Waals surface area contributed by atoms with Gasteiger partial charge in [-0.15, -0.1) is 5.10 Å². The Kier molecular flexibility index (Phi) is 3.57. The molecule has 1 aromatic heterocycles. The van der Waals surface area contributed by atoms with Crippen molar-refractivity contribution < 1.29 is 4.79 Å². The molecular formula is C12H20N4O. The summed E-state index contributed by atoms with van der Waals surface area (Å²) in [6, 6.07) is 0. The molecule has 0 spiro atoms. The van der Waals surface area contributed by atoms with Gasteiger partial charge >= 0.3 is 0 Å². The Morgan fingerprint density at radius 1 is 1.47 bits per heavy atom. The van der Waals surface area contributed by atoms with Gasteiger partial charge in [0, 0.05) is 6.54 Å². The highest BCUT2D eigenvalue weighted by molar-refractivity contribution is 6.01. The van der Waals surface area contributed by atoms with Crippen molar-refractivity contribution in [3.63, 3.8) is 0 Å². The molecule has 5 heteroatoms. The van der Waals surface area contributed by atoms with Gasteiger partial charge in [-0.05, 0) is 19.3 Å². The van der Waals surface area contributed by atoms with Crippen molar-refractivity contribution in [2.24, 2.45) is 5.73 Å². The maximum atomic E-state index is 12.5. The van der Waals surface area contributed by atoms with Crippen LogP contribution in [0.2, 0.25) is 0 Å². The van der Waals surface area contributed by atoms with Crippen molar-refractivity contribution in [2.75, 3.05) is 0 Å². The van der Waals surface area contributed by atoms with Crippen LogP contribution in [0.3, 0.4) is 0 Å². The van der Waals surface area contributed by atoms with Crippen LogP contribution in [0.15, 0.2) is 6.20 Å². The molecule has 0 bridgehead atoms. The molecule has 0 radical (unpaired) electrons. The number of hydrogen-bond donors (Lipinski definition) is 1. The molecular weight excluding hydrogens is 216 g/mol. The van der Waals surface area contributed by atoms with E-state index in [0.717, 1.165) is 38.6 Å². The van der Waals surface area contributed by atoms with E-state index >= 15 is 0 Å². The molecule has 1 aromatic rings. The summed E-state index contributed by atoms with van der Waals surface area (Å²) in [6.45, 7) is 2.77. The smallest absolute Gasteiger partial charge is 0.202 e. The number of nitrogens with zero attached hydrogens (tertiary/aromatic N) is 3. The monoisotopic (exact) mass is 236 g/mol. The van der Waals surface area contributed by atoms with Crippen molar-refractivity contribution in [3.05, 3.63) is 11.9 Å². The standard InChI is InChI=1S/C12H20N4O/c1-2-8-16-10(9-14-15-16)11(17)12(13)6-4-3-5-7-12/h9H,2-8,13H2,1H3. The molecule has 0 atom stereocenters. The lowest BCUT2D eigenvalue weighted by Crippen LogP contribution is -2.50. The molecule has 0 aliphatic heterocycles. The van der Waals surface area contributed by atoms with E-state index in [1.807, 2.05) is 0 Å². The molecule has 94 valence electrons. The van der Waals surface area contributed by atoms with Gasteiger partial charge in [-0.25, -0.2) is 4.68 Å². The summed E-state index contributed by atoms with van der Waals surface area (Å²) in [7, 11) is 0. The Hall–Kier alpha value is -1.23. The molecule has 1 aliphatic carbocycles. The number of nitrogens with two attached hydrogens (primary N) is 1. The van der Waals surface area contributed by atoms with Gasteiger partial charge in [-0.3, -0.25) is 4.79 Å². The minimum atomic E-state index is -0.689. The van der Waals surface area contributed by atoms with Gasteiger partial charge in [0.2, 0.25) is 5.78 Å². The lowest BCUT2D eigenvalue weighted by Gasteiger charge is -2.31. The lowest BCUT2D eigenvalue weighted by atomic mass is 9.78. The third-order valence-corrected chi connectivity index (χ3v) is 3.48. The average molecular weight is 236 g/mol. The second-order valence-electron chi connectivity index (χ2n) is 4.89. The quantitative estimate of drug-likeness (QED) is 0.805. The molecule has 0 unspecified atom stereocenters. The topological polar surface area (TPSA) is 73.8 Å². The fourth-order valence-corrected chi connectivity index (χ4v) is 2.48. The van der Waals surface area contributed by atoms with E-state index in [0.29, 0.717) is 5.69 Å². The number of carbonyl (C=O) groups excluding carboxylic acids is 1. The minimum Gasteiger partial charge on any atom is -0.319 e. The second-order valence-corrected chi connectivity index (χ2v) is 4.89.